The number of nitrogens with zero attached hydrogens (tertiary/aromatic N) is 6. The van der Waals surface area contributed by atoms with Gasteiger partial charge in [0.25, 0.3) is 5.56 Å². The zero-order valence-electron chi connectivity index (χ0n) is 21.6. The molecular formula is C27H32N8O4. The third-order valence-electron chi connectivity index (χ3n) is 7.68. The van der Waals surface area contributed by atoms with Gasteiger partial charge in [-0.25, -0.2) is 15.1 Å². The van der Waals surface area contributed by atoms with Crippen LogP contribution in [0.4, 0.5) is 11.5 Å². The lowest BCUT2D eigenvalue weighted by Gasteiger charge is -2.33. The minimum atomic E-state index is -0.770. The Morgan fingerprint density at radius 2 is 1.85 bits per heavy atom. The van der Waals surface area contributed by atoms with E-state index in [1.54, 1.807) is 0 Å². The number of hydrogen-bond donors (Lipinski definition) is 4. The molecule has 0 amide bonds. The van der Waals surface area contributed by atoms with E-state index in [2.05, 4.69) is 25.4 Å². The van der Waals surface area contributed by atoms with Crippen LogP contribution in [0.25, 0.3) is 10.9 Å². The molecule has 1 aromatic carbocycles. The summed E-state index contributed by atoms with van der Waals surface area (Å²) in [5.74, 6) is 0.121. The first-order chi connectivity index (χ1) is 18.9. The Morgan fingerprint density at radius 3 is 2.51 bits per heavy atom. The minimum absolute atomic E-state index is 0.0485. The summed E-state index contributed by atoms with van der Waals surface area (Å²) < 4.78 is 0. The summed E-state index contributed by atoms with van der Waals surface area (Å²) in [6.45, 7) is 3.53. The van der Waals surface area contributed by atoms with E-state index < -0.39 is 12.2 Å². The van der Waals surface area contributed by atoms with Gasteiger partial charge in [0, 0.05) is 31.2 Å². The van der Waals surface area contributed by atoms with E-state index in [1.807, 2.05) is 35.2 Å². The Bertz CT molecular complexity index is 1400. The highest BCUT2D eigenvalue weighted by molar-refractivity contribution is 5.89. The second-order valence-electron chi connectivity index (χ2n) is 10.3. The molecule has 4 heterocycles. The Balaban J connectivity index is 1.30. The molecular weight excluding hydrogens is 500 g/mol. The van der Waals surface area contributed by atoms with Gasteiger partial charge < -0.3 is 15.5 Å². The van der Waals surface area contributed by atoms with Crippen molar-refractivity contribution in [1.29, 1.82) is 5.26 Å². The van der Waals surface area contributed by atoms with E-state index in [0.29, 0.717) is 48.5 Å². The quantitative estimate of drug-likeness (QED) is 0.335. The van der Waals surface area contributed by atoms with Crippen LogP contribution in [0.15, 0.2) is 35.3 Å². The number of aromatic nitrogens is 4. The van der Waals surface area contributed by atoms with Gasteiger partial charge in [0.15, 0.2) is 0 Å². The molecule has 12 nitrogen and oxygen atoms in total. The molecule has 2 aliphatic rings. The van der Waals surface area contributed by atoms with Crippen LogP contribution in [0, 0.1) is 17.2 Å². The fourth-order valence-corrected chi connectivity index (χ4v) is 5.39. The number of likely N-dealkylation sites (tertiary alicyclic amines) is 2. The first-order valence-corrected chi connectivity index (χ1v) is 13.3. The molecule has 1 atom stereocenters. The van der Waals surface area contributed by atoms with Crippen LogP contribution >= 0.6 is 0 Å². The van der Waals surface area contributed by atoms with E-state index in [0.717, 1.165) is 43.7 Å². The number of aliphatic carboxylic acids is 1. The standard InChI is InChI=1S/C27H32N8O4/c28-10-5-22(36)35-13-8-18(9-14-35)24-31-21-15-29-33-26(37)23(21)25(32-24)30-20-3-1-17(2-4-20)16-34-11-6-19(7-12-34)27(38)39/h1-4,15,18-19,22,36H,5-9,11-14,16H2,(H,33,37)(H,38,39)(H,30,31,32). The highest BCUT2D eigenvalue weighted by Crippen LogP contribution is 2.30. The summed E-state index contributed by atoms with van der Waals surface area (Å²) in [6, 6.07) is 9.93. The topological polar surface area (TPSA) is 171 Å². The van der Waals surface area contributed by atoms with Crippen molar-refractivity contribution >= 4 is 28.4 Å². The Labute approximate surface area is 225 Å². The summed E-state index contributed by atoms with van der Waals surface area (Å²) in [5.41, 5.74) is 1.98. The molecule has 2 fully saturated rings. The van der Waals surface area contributed by atoms with Crippen molar-refractivity contribution in [2.75, 3.05) is 31.5 Å². The van der Waals surface area contributed by atoms with Gasteiger partial charge in [-0.1, -0.05) is 12.1 Å². The SMILES string of the molecule is N#CCC(O)N1CCC(c2nc(Nc3ccc(CN4CCC(C(=O)O)CC4)cc3)c3c(=O)[nH]ncc3n2)CC1. The lowest BCUT2D eigenvalue weighted by Crippen LogP contribution is -2.41. The van der Waals surface area contributed by atoms with E-state index in [-0.39, 0.29) is 23.8 Å². The number of piperidine rings is 2. The van der Waals surface area contributed by atoms with Gasteiger partial charge in [-0.2, -0.15) is 10.4 Å². The fraction of sp³-hybridized carbons (Fsp3) is 0.481. The fourth-order valence-electron chi connectivity index (χ4n) is 5.39. The minimum Gasteiger partial charge on any atom is -0.481 e. The maximum Gasteiger partial charge on any atom is 0.306 e. The van der Waals surface area contributed by atoms with Crippen molar-refractivity contribution in [2.24, 2.45) is 5.92 Å². The zero-order chi connectivity index (χ0) is 27.4. The number of carboxylic acid groups (broad SMARTS) is 1. The van der Waals surface area contributed by atoms with Crippen molar-refractivity contribution in [1.82, 2.24) is 30.0 Å². The largest absolute Gasteiger partial charge is 0.481 e. The van der Waals surface area contributed by atoms with Crippen LogP contribution in [0.5, 0.6) is 0 Å². The van der Waals surface area contributed by atoms with E-state index in [1.165, 1.54) is 6.20 Å². The number of carbonyl (C=O) groups is 1. The van der Waals surface area contributed by atoms with Gasteiger partial charge in [0.2, 0.25) is 0 Å². The average molecular weight is 533 g/mol. The Hall–Kier alpha value is -3.92. The molecule has 2 aromatic heterocycles. The second kappa shape index (κ2) is 11.9. The second-order valence-corrected chi connectivity index (χ2v) is 10.3. The normalized spacial score (nSPS) is 18.6. The Morgan fingerprint density at radius 1 is 1.13 bits per heavy atom. The van der Waals surface area contributed by atoms with Crippen LogP contribution in [0.3, 0.4) is 0 Å². The number of nitriles is 1. The highest BCUT2D eigenvalue weighted by Gasteiger charge is 2.28. The van der Waals surface area contributed by atoms with Crippen LogP contribution in [-0.2, 0) is 11.3 Å². The predicted octanol–water partition coefficient (Wildman–Crippen LogP) is 2.16. The molecule has 2 saturated heterocycles. The first kappa shape index (κ1) is 26.7. The molecule has 0 bridgehead atoms. The maximum atomic E-state index is 12.7. The lowest BCUT2D eigenvalue weighted by atomic mass is 9.95. The van der Waals surface area contributed by atoms with Gasteiger partial charge in [-0.05, 0) is 56.5 Å². The molecule has 3 aromatic rings. The summed E-state index contributed by atoms with van der Waals surface area (Å²) in [4.78, 5) is 37.4. The molecule has 2 aliphatic heterocycles. The highest BCUT2D eigenvalue weighted by atomic mass is 16.4. The van der Waals surface area contributed by atoms with Crippen LogP contribution < -0.4 is 10.9 Å². The van der Waals surface area contributed by atoms with Crippen molar-refractivity contribution < 1.29 is 15.0 Å². The number of aliphatic hydroxyl groups is 1. The molecule has 204 valence electrons. The van der Waals surface area contributed by atoms with Crippen LogP contribution in [-0.4, -0.2) is 78.6 Å². The summed E-state index contributed by atoms with van der Waals surface area (Å²) in [5, 5.41) is 38.2. The van der Waals surface area contributed by atoms with Crippen molar-refractivity contribution in [3.05, 3.63) is 52.2 Å². The molecule has 4 N–H and O–H groups in total. The number of H-pyrrole nitrogens is 1. The van der Waals surface area contributed by atoms with Crippen molar-refractivity contribution in [2.45, 2.75) is 50.8 Å². The zero-order valence-corrected chi connectivity index (χ0v) is 21.6. The summed E-state index contributed by atoms with van der Waals surface area (Å²) in [6.07, 6.45) is 3.61. The number of benzene rings is 1. The third kappa shape index (κ3) is 6.22. The number of aliphatic hydroxyl groups excluding tert-OH is 1. The molecule has 0 aliphatic carbocycles. The van der Waals surface area contributed by atoms with Crippen LogP contribution in [0.2, 0.25) is 0 Å². The van der Waals surface area contributed by atoms with E-state index >= 15 is 0 Å². The van der Waals surface area contributed by atoms with E-state index in [9.17, 15) is 19.8 Å². The summed E-state index contributed by atoms with van der Waals surface area (Å²) in [7, 11) is 0. The smallest absolute Gasteiger partial charge is 0.306 e. The predicted molar refractivity (Wildman–Crippen MR) is 143 cm³/mol. The molecule has 1 unspecified atom stereocenters. The number of hydrogen-bond acceptors (Lipinski definition) is 10. The van der Waals surface area contributed by atoms with Gasteiger partial charge in [-0.3, -0.25) is 19.4 Å². The number of nitrogens with one attached hydrogen (secondary N) is 2. The van der Waals surface area contributed by atoms with Crippen molar-refractivity contribution in [3.63, 3.8) is 0 Å². The monoisotopic (exact) mass is 532 g/mol. The number of rotatable bonds is 8. The number of fused-ring (bicyclic) bond motifs is 1. The average Bonchev–Trinajstić information content (AvgIpc) is 2.94. The first-order valence-electron chi connectivity index (χ1n) is 13.3. The molecule has 5 rings (SSSR count). The summed E-state index contributed by atoms with van der Waals surface area (Å²) >= 11 is 0. The van der Waals surface area contributed by atoms with Crippen molar-refractivity contribution in [3.8, 4) is 6.07 Å². The number of aromatic amines is 1. The molecule has 0 saturated carbocycles. The Kier molecular flexibility index (Phi) is 8.11. The number of anilines is 2. The molecule has 0 spiro atoms. The van der Waals surface area contributed by atoms with Gasteiger partial charge in [0.1, 0.15) is 28.8 Å². The van der Waals surface area contributed by atoms with Crippen LogP contribution in [0.1, 0.15) is 49.4 Å². The lowest BCUT2D eigenvalue weighted by molar-refractivity contribution is -0.143. The maximum absolute atomic E-state index is 12.7. The van der Waals surface area contributed by atoms with Gasteiger partial charge in [-0.15, -0.1) is 0 Å². The number of carboxylic acids is 1. The van der Waals surface area contributed by atoms with Gasteiger partial charge in [0.05, 0.1) is 24.6 Å². The molecule has 0 radical (unpaired) electrons. The molecule has 12 heteroatoms. The molecule has 39 heavy (non-hydrogen) atoms. The van der Waals surface area contributed by atoms with E-state index in [4.69, 9.17) is 10.2 Å². The third-order valence-corrected chi connectivity index (χ3v) is 7.68. The van der Waals surface area contributed by atoms with Gasteiger partial charge >= 0.3 is 5.97 Å².